The van der Waals surface area contributed by atoms with Crippen molar-refractivity contribution in [2.75, 3.05) is 5.32 Å². The minimum Gasteiger partial charge on any atom is -0.344 e. The third-order valence-corrected chi connectivity index (χ3v) is 3.28. The molecular weight excluding hydrogens is 256 g/mol. The van der Waals surface area contributed by atoms with Gasteiger partial charge in [-0.1, -0.05) is 12.1 Å². The van der Waals surface area contributed by atoms with Gasteiger partial charge in [0.2, 0.25) is 11.8 Å². The summed E-state index contributed by atoms with van der Waals surface area (Å²) in [6.07, 6.45) is 2.65. The van der Waals surface area contributed by atoms with Crippen LogP contribution in [-0.2, 0) is 9.59 Å². The van der Waals surface area contributed by atoms with E-state index in [4.69, 9.17) is 0 Å². The number of aromatic amines is 1. The van der Waals surface area contributed by atoms with Crippen molar-refractivity contribution in [3.05, 3.63) is 36.5 Å². The molecule has 1 saturated heterocycles. The number of rotatable bonds is 3. The smallest absolute Gasteiger partial charge is 0.246 e. The Morgan fingerprint density at radius 3 is 2.65 bits per heavy atom. The van der Waals surface area contributed by atoms with Crippen LogP contribution in [0.4, 0.5) is 5.69 Å². The lowest BCUT2D eigenvalue weighted by Gasteiger charge is -2.11. The van der Waals surface area contributed by atoms with Crippen LogP contribution in [-0.4, -0.2) is 28.1 Å². The summed E-state index contributed by atoms with van der Waals surface area (Å²) in [6.45, 7) is 0. The fourth-order valence-corrected chi connectivity index (χ4v) is 2.19. The average molecular weight is 270 g/mol. The maximum atomic E-state index is 11.9. The Balaban J connectivity index is 1.66. The first kappa shape index (κ1) is 12.4. The second kappa shape index (κ2) is 5.16. The van der Waals surface area contributed by atoms with Crippen LogP contribution in [0.1, 0.15) is 12.8 Å². The van der Waals surface area contributed by atoms with Crippen LogP contribution < -0.4 is 10.6 Å². The van der Waals surface area contributed by atoms with Crippen LogP contribution in [0.5, 0.6) is 0 Å². The summed E-state index contributed by atoms with van der Waals surface area (Å²) in [7, 11) is 0. The lowest BCUT2D eigenvalue weighted by Crippen LogP contribution is -2.37. The van der Waals surface area contributed by atoms with Gasteiger partial charge in [-0.3, -0.25) is 14.7 Å². The van der Waals surface area contributed by atoms with Crippen molar-refractivity contribution < 1.29 is 9.59 Å². The third kappa shape index (κ3) is 2.54. The third-order valence-electron chi connectivity index (χ3n) is 3.28. The molecule has 0 bridgehead atoms. The molecule has 0 radical (unpaired) electrons. The van der Waals surface area contributed by atoms with Crippen molar-refractivity contribution in [2.45, 2.75) is 18.9 Å². The Kier molecular flexibility index (Phi) is 3.20. The predicted molar refractivity (Wildman–Crippen MR) is 73.8 cm³/mol. The molecule has 1 atom stereocenters. The highest BCUT2D eigenvalue weighted by atomic mass is 16.2. The minimum absolute atomic E-state index is 0.0697. The molecule has 102 valence electrons. The lowest BCUT2D eigenvalue weighted by molar-refractivity contribution is -0.122. The molecule has 1 aromatic carbocycles. The van der Waals surface area contributed by atoms with E-state index >= 15 is 0 Å². The van der Waals surface area contributed by atoms with Crippen molar-refractivity contribution in [1.29, 1.82) is 0 Å². The van der Waals surface area contributed by atoms with Gasteiger partial charge in [0.05, 0.1) is 5.69 Å². The van der Waals surface area contributed by atoms with E-state index in [0.29, 0.717) is 18.5 Å². The molecule has 1 fully saturated rings. The van der Waals surface area contributed by atoms with Crippen LogP contribution in [0.25, 0.3) is 11.3 Å². The molecule has 0 aliphatic carbocycles. The fourth-order valence-electron chi connectivity index (χ4n) is 2.19. The summed E-state index contributed by atoms with van der Waals surface area (Å²) in [5.74, 6) is -0.245. The summed E-state index contributed by atoms with van der Waals surface area (Å²) in [6, 6.07) is 8.90. The van der Waals surface area contributed by atoms with Crippen LogP contribution in [0, 0.1) is 0 Å². The highest BCUT2D eigenvalue weighted by molar-refractivity contribution is 5.99. The van der Waals surface area contributed by atoms with E-state index in [1.165, 1.54) is 0 Å². The first-order chi connectivity index (χ1) is 9.72. The number of nitrogens with zero attached hydrogens (tertiary/aromatic N) is 1. The Hall–Kier alpha value is -2.63. The van der Waals surface area contributed by atoms with Gasteiger partial charge < -0.3 is 10.6 Å². The number of amides is 2. The maximum absolute atomic E-state index is 11.9. The molecule has 20 heavy (non-hydrogen) atoms. The van der Waals surface area contributed by atoms with Crippen molar-refractivity contribution in [3.8, 4) is 11.3 Å². The van der Waals surface area contributed by atoms with E-state index in [0.717, 1.165) is 11.3 Å². The normalized spacial score (nSPS) is 17.8. The number of aromatic nitrogens is 2. The largest absolute Gasteiger partial charge is 0.344 e. The molecule has 3 rings (SSSR count). The van der Waals surface area contributed by atoms with Gasteiger partial charge in [-0.15, -0.1) is 0 Å². The number of carbonyl (C=O) groups is 2. The summed E-state index contributed by atoms with van der Waals surface area (Å²) in [5, 5.41) is 12.2. The van der Waals surface area contributed by atoms with E-state index in [1.54, 1.807) is 6.20 Å². The van der Waals surface area contributed by atoms with Crippen LogP contribution in [0.15, 0.2) is 36.5 Å². The molecular formula is C14H14N4O2. The SMILES string of the molecule is O=C1CC[C@@H](C(=O)Nc2ccc(-c3ccn[nH]3)cc2)N1. The van der Waals surface area contributed by atoms with Gasteiger partial charge in [-0.2, -0.15) is 5.10 Å². The van der Waals surface area contributed by atoms with Crippen LogP contribution in [0.2, 0.25) is 0 Å². The number of hydrogen-bond donors (Lipinski definition) is 3. The average Bonchev–Trinajstić information content (AvgIpc) is 3.10. The van der Waals surface area contributed by atoms with Gasteiger partial charge in [-0.25, -0.2) is 0 Å². The number of anilines is 1. The highest BCUT2D eigenvalue weighted by Gasteiger charge is 2.26. The molecule has 3 N–H and O–H groups in total. The topological polar surface area (TPSA) is 86.9 Å². The molecule has 6 nitrogen and oxygen atoms in total. The lowest BCUT2D eigenvalue weighted by atomic mass is 10.1. The van der Waals surface area contributed by atoms with Crippen molar-refractivity contribution in [1.82, 2.24) is 15.5 Å². The maximum Gasteiger partial charge on any atom is 0.246 e. The zero-order valence-electron chi connectivity index (χ0n) is 10.7. The van der Waals surface area contributed by atoms with E-state index in [-0.39, 0.29) is 11.8 Å². The van der Waals surface area contributed by atoms with E-state index in [9.17, 15) is 9.59 Å². The summed E-state index contributed by atoms with van der Waals surface area (Å²) >= 11 is 0. The minimum atomic E-state index is -0.421. The van der Waals surface area contributed by atoms with Gasteiger partial charge in [0.15, 0.2) is 0 Å². The van der Waals surface area contributed by atoms with Gasteiger partial charge >= 0.3 is 0 Å². The van der Waals surface area contributed by atoms with E-state index < -0.39 is 6.04 Å². The highest BCUT2D eigenvalue weighted by Crippen LogP contribution is 2.19. The fraction of sp³-hybridized carbons (Fsp3) is 0.214. The van der Waals surface area contributed by atoms with Crippen molar-refractivity contribution in [3.63, 3.8) is 0 Å². The van der Waals surface area contributed by atoms with Crippen LogP contribution >= 0.6 is 0 Å². The standard InChI is InChI=1S/C14H14N4O2/c19-13-6-5-12(17-13)14(20)16-10-3-1-9(2-4-10)11-7-8-15-18-11/h1-4,7-8,12H,5-6H2,(H,15,18)(H,16,20)(H,17,19)/t12-/m0/s1. The Morgan fingerprint density at radius 1 is 1.25 bits per heavy atom. The van der Waals surface area contributed by atoms with Gasteiger partial charge in [0, 0.05) is 18.3 Å². The monoisotopic (exact) mass is 270 g/mol. The number of carbonyl (C=O) groups excluding carboxylic acids is 2. The molecule has 1 aliphatic rings. The molecule has 2 heterocycles. The van der Waals surface area contributed by atoms with E-state index in [2.05, 4.69) is 20.8 Å². The Bertz CT molecular complexity index is 619. The first-order valence-electron chi connectivity index (χ1n) is 6.42. The number of nitrogens with one attached hydrogen (secondary N) is 3. The van der Waals surface area contributed by atoms with Crippen molar-refractivity contribution in [2.24, 2.45) is 0 Å². The molecule has 1 aromatic heterocycles. The van der Waals surface area contributed by atoms with E-state index in [1.807, 2.05) is 30.3 Å². The summed E-state index contributed by atoms with van der Waals surface area (Å²) < 4.78 is 0. The van der Waals surface area contributed by atoms with Gasteiger partial charge in [0.1, 0.15) is 6.04 Å². The molecule has 6 heteroatoms. The van der Waals surface area contributed by atoms with Crippen LogP contribution in [0.3, 0.4) is 0 Å². The Labute approximate surface area is 115 Å². The second-order valence-corrected chi connectivity index (χ2v) is 4.70. The zero-order chi connectivity index (χ0) is 13.9. The first-order valence-corrected chi connectivity index (χ1v) is 6.42. The summed E-state index contributed by atoms with van der Waals surface area (Å²) in [4.78, 5) is 23.0. The number of benzene rings is 1. The molecule has 0 unspecified atom stereocenters. The predicted octanol–water partition coefficient (Wildman–Crippen LogP) is 1.29. The molecule has 0 saturated carbocycles. The Morgan fingerprint density at radius 2 is 2.05 bits per heavy atom. The molecule has 2 aromatic rings. The van der Waals surface area contributed by atoms with Gasteiger partial charge in [0.25, 0.3) is 0 Å². The number of H-pyrrole nitrogens is 1. The zero-order valence-corrected chi connectivity index (χ0v) is 10.7. The number of hydrogen-bond acceptors (Lipinski definition) is 3. The van der Waals surface area contributed by atoms with Crippen molar-refractivity contribution >= 4 is 17.5 Å². The summed E-state index contributed by atoms with van der Waals surface area (Å²) in [5.41, 5.74) is 2.63. The molecule has 0 spiro atoms. The quantitative estimate of drug-likeness (QED) is 0.785. The molecule has 1 aliphatic heterocycles. The second-order valence-electron chi connectivity index (χ2n) is 4.70. The van der Waals surface area contributed by atoms with Gasteiger partial charge in [-0.05, 0) is 30.2 Å². The molecule has 2 amide bonds.